The van der Waals surface area contributed by atoms with Crippen molar-refractivity contribution in [2.45, 2.75) is 45.6 Å². The molecule has 0 aromatic heterocycles. The fourth-order valence-corrected chi connectivity index (χ4v) is 4.10. The van der Waals surface area contributed by atoms with Crippen molar-refractivity contribution in [1.82, 2.24) is 0 Å². The molecule has 0 amide bonds. The maximum absolute atomic E-state index is 12.7. The summed E-state index contributed by atoms with van der Waals surface area (Å²) in [6, 6.07) is 21.6. The zero-order chi connectivity index (χ0) is 26.4. The molecule has 0 spiro atoms. The molecule has 0 fully saturated rings. The van der Waals surface area contributed by atoms with Crippen LogP contribution in [0.2, 0.25) is 0 Å². The van der Waals surface area contributed by atoms with Crippen molar-refractivity contribution in [2.24, 2.45) is 5.73 Å². The maximum atomic E-state index is 12.7. The Morgan fingerprint density at radius 3 is 2.49 bits per heavy atom. The Balaban J connectivity index is 1.61. The predicted octanol–water partition coefficient (Wildman–Crippen LogP) is 6.09. The summed E-state index contributed by atoms with van der Waals surface area (Å²) in [4.78, 5) is 12.7. The SMILES string of the molecule is CCCCOc1ccccc1C1C(C#N)=C(N)Oc2cc(OC(=O)c3ccc(OC(C)C)cc3)ccc21. The number of nitrogens with two attached hydrogens (primary N) is 1. The van der Waals surface area contributed by atoms with Gasteiger partial charge < -0.3 is 24.7 Å². The summed E-state index contributed by atoms with van der Waals surface area (Å²) in [5, 5.41) is 9.90. The summed E-state index contributed by atoms with van der Waals surface area (Å²) >= 11 is 0. The topological polar surface area (TPSA) is 104 Å². The van der Waals surface area contributed by atoms with Gasteiger partial charge in [0.15, 0.2) is 0 Å². The number of fused-ring (bicyclic) bond motifs is 1. The summed E-state index contributed by atoms with van der Waals surface area (Å²) in [5.74, 6) is 1.09. The molecule has 7 heteroatoms. The van der Waals surface area contributed by atoms with Crippen LogP contribution < -0.4 is 24.7 Å². The van der Waals surface area contributed by atoms with Crippen LogP contribution in [0.3, 0.4) is 0 Å². The van der Waals surface area contributed by atoms with Gasteiger partial charge in [-0.2, -0.15) is 5.26 Å². The van der Waals surface area contributed by atoms with Crippen LogP contribution in [0.15, 0.2) is 78.2 Å². The van der Waals surface area contributed by atoms with Crippen LogP contribution in [-0.4, -0.2) is 18.7 Å². The highest BCUT2D eigenvalue weighted by atomic mass is 16.5. The molecule has 1 aliphatic rings. The number of carbonyl (C=O) groups is 1. The molecule has 190 valence electrons. The van der Waals surface area contributed by atoms with Crippen molar-refractivity contribution in [3.63, 3.8) is 0 Å². The van der Waals surface area contributed by atoms with Gasteiger partial charge >= 0.3 is 5.97 Å². The van der Waals surface area contributed by atoms with Gasteiger partial charge in [-0.15, -0.1) is 0 Å². The quantitative estimate of drug-likeness (QED) is 0.216. The fourth-order valence-electron chi connectivity index (χ4n) is 4.10. The molecule has 2 N–H and O–H groups in total. The Hall–Kier alpha value is -4.44. The number of hydrogen-bond acceptors (Lipinski definition) is 7. The molecular weight excluding hydrogens is 468 g/mol. The van der Waals surface area contributed by atoms with Gasteiger partial charge in [0.2, 0.25) is 5.88 Å². The zero-order valence-corrected chi connectivity index (χ0v) is 21.2. The second kappa shape index (κ2) is 11.5. The number of esters is 1. The minimum atomic E-state index is -0.515. The Labute approximate surface area is 217 Å². The largest absolute Gasteiger partial charge is 0.493 e. The molecule has 4 rings (SSSR count). The molecule has 0 aliphatic carbocycles. The second-order valence-electron chi connectivity index (χ2n) is 8.94. The van der Waals surface area contributed by atoms with E-state index in [1.807, 2.05) is 38.1 Å². The van der Waals surface area contributed by atoms with E-state index in [4.69, 9.17) is 24.7 Å². The van der Waals surface area contributed by atoms with Gasteiger partial charge in [-0.05, 0) is 56.7 Å². The van der Waals surface area contributed by atoms with Gasteiger partial charge in [-0.25, -0.2) is 4.79 Å². The highest BCUT2D eigenvalue weighted by molar-refractivity contribution is 5.91. The minimum absolute atomic E-state index is 0.00702. The number of benzene rings is 3. The van der Waals surface area contributed by atoms with E-state index in [1.54, 1.807) is 42.5 Å². The van der Waals surface area contributed by atoms with E-state index in [9.17, 15) is 10.1 Å². The second-order valence-corrected chi connectivity index (χ2v) is 8.94. The first kappa shape index (κ1) is 25.6. The molecular formula is C30H30N2O5. The van der Waals surface area contributed by atoms with E-state index < -0.39 is 11.9 Å². The first-order valence-electron chi connectivity index (χ1n) is 12.3. The predicted molar refractivity (Wildman–Crippen MR) is 140 cm³/mol. The van der Waals surface area contributed by atoms with Crippen molar-refractivity contribution in [2.75, 3.05) is 6.61 Å². The standard InChI is InChI=1S/C30H30N2O5/c1-4-5-16-34-26-9-7-6-8-23(26)28-24-15-14-22(17-27(24)37-29(32)25(28)18-31)36-30(33)20-10-12-21(13-11-20)35-19(2)3/h6-15,17,19,28H,4-5,16,32H2,1-3H3. The van der Waals surface area contributed by atoms with Crippen molar-refractivity contribution >= 4 is 5.97 Å². The van der Waals surface area contributed by atoms with Gasteiger partial charge in [-0.1, -0.05) is 37.6 Å². The molecule has 0 radical (unpaired) electrons. The van der Waals surface area contributed by atoms with Crippen LogP contribution in [0.1, 0.15) is 61.0 Å². The van der Waals surface area contributed by atoms with Crippen molar-refractivity contribution < 1.29 is 23.7 Å². The fraction of sp³-hybridized carbons (Fsp3) is 0.267. The van der Waals surface area contributed by atoms with Crippen LogP contribution in [0, 0.1) is 11.3 Å². The van der Waals surface area contributed by atoms with E-state index in [0.29, 0.717) is 40.7 Å². The molecule has 1 atom stereocenters. The van der Waals surface area contributed by atoms with E-state index in [2.05, 4.69) is 13.0 Å². The number of nitriles is 1. The average Bonchev–Trinajstić information content (AvgIpc) is 2.88. The average molecular weight is 499 g/mol. The van der Waals surface area contributed by atoms with Crippen molar-refractivity contribution in [3.05, 3.63) is 94.9 Å². The lowest BCUT2D eigenvalue weighted by atomic mass is 9.83. The Morgan fingerprint density at radius 2 is 1.78 bits per heavy atom. The molecule has 1 aliphatic heterocycles. The first-order chi connectivity index (χ1) is 17.9. The monoisotopic (exact) mass is 498 g/mol. The maximum Gasteiger partial charge on any atom is 0.343 e. The van der Waals surface area contributed by atoms with E-state index in [-0.39, 0.29) is 12.0 Å². The number of ether oxygens (including phenoxy) is 4. The van der Waals surface area contributed by atoms with Crippen molar-refractivity contribution in [3.8, 4) is 29.1 Å². The molecule has 0 saturated heterocycles. The molecule has 1 unspecified atom stereocenters. The molecule has 7 nitrogen and oxygen atoms in total. The van der Waals surface area contributed by atoms with Gasteiger partial charge in [0.25, 0.3) is 0 Å². The lowest BCUT2D eigenvalue weighted by molar-refractivity contribution is 0.0734. The molecule has 3 aromatic rings. The highest BCUT2D eigenvalue weighted by Crippen LogP contribution is 2.46. The van der Waals surface area contributed by atoms with Gasteiger partial charge in [0.1, 0.15) is 34.6 Å². The lowest BCUT2D eigenvalue weighted by Gasteiger charge is -2.28. The van der Waals surface area contributed by atoms with Crippen LogP contribution >= 0.6 is 0 Å². The van der Waals surface area contributed by atoms with Gasteiger partial charge in [0, 0.05) is 17.2 Å². The zero-order valence-electron chi connectivity index (χ0n) is 21.2. The highest BCUT2D eigenvalue weighted by Gasteiger charge is 2.33. The number of rotatable bonds is 9. The number of carbonyl (C=O) groups excluding carboxylic acids is 1. The summed E-state index contributed by atoms with van der Waals surface area (Å²) in [6.07, 6.45) is 1.97. The Kier molecular flexibility index (Phi) is 7.99. The van der Waals surface area contributed by atoms with Crippen molar-refractivity contribution in [1.29, 1.82) is 5.26 Å². The summed E-state index contributed by atoms with van der Waals surface area (Å²) in [6.45, 7) is 6.54. The Bertz CT molecular complexity index is 1340. The van der Waals surface area contributed by atoms with Gasteiger partial charge in [-0.3, -0.25) is 0 Å². The summed E-state index contributed by atoms with van der Waals surface area (Å²) in [7, 11) is 0. The van der Waals surface area contributed by atoms with Gasteiger partial charge in [0.05, 0.1) is 24.2 Å². The molecule has 37 heavy (non-hydrogen) atoms. The molecule has 1 heterocycles. The number of allylic oxidation sites excluding steroid dienone is 1. The third-order valence-electron chi connectivity index (χ3n) is 5.85. The van der Waals surface area contributed by atoms with Crippen LogP contribution in [-0.2, 0) is 0 Å². The molecule has 0 saturated carbocycles. The molecule has 0 bridgehead atoms. The van der Waals surface area contributed by atoms with E-state index >= 15 is 0 Å². The Morgan fingerprint density at radius 1 is 1.05 bits per heavy atom. The first-order valence-corrected chi connectivity index (χ1v) is 12.3. The summed E-state index contributed by atoms with van der Waals surface area (Å²) in [5.41, 5.74) is 8.40. The molecule has 3 aromatic carbocycles. The minimum Gasteiger partial charge on any atom is -0.493 e. The van der Waals surface area contributed by atoms with E-state index in [1.165, 1.54) is 0 Å². The third-order valence-corrected chi connectivity index (χ3v) is 5.85. The number of unbranched alkanes of at least 4 members (excludes halogenated alkanes) is 1. The number of hydrogen-bond donors (Lipinski definition) is 1. The van der Waals surface area contributed by atoms with Crippen LogP contribution in [0.4, 0.5) is 0 Å². The normalized spacial score (nSPS) is 14.4. The number of para-hydroxylation sites is 1. The van der Waals surface area contributed by atoms with E-state index in [0.717, 1.165) is 24.0 Å². The van der Waals surface area contributed by atoms with Crippen LogP contribution in [0.5, 0.6) is 23.0 Å². The van der Waals surface area contributed by atoms with Crippen LogP contribution in [0.25, 0.3) is 0 Å². The third kappa shape index (κ3) is 5.87. The number of nitrogens with zero attached hydrogens (tertiary/aromatic N) is 1. The lowest BCUT2D eigenvalue weighted by Crippen LogP contribution is -2.21. The summed E-state index contributed by atoms with van der Waals surface area (Å²) < 4.78 is 23.1. The smallest absolute Gasteiger partial charge is 0.343 e.